The Labute approximate surface area is 103 Å². The second-order valence-corrected chi connectivity index (χ2v) is 5.50. The third-order valence-corrected chi connectivity index (χ3v) is 2.52. The number of carbonyl (C=O) groups excluding carboxylic acids is 1. The Morgan fingerprint density at radius 2 is 2.18 bits per heavy atom. The molecule has 0 bridgehead atoms. The molecule has 0 aromatic carbocycles. The van der Waals surface area contributed by atoms with Gasteiger partial charge >= 0.3 is 0 Å². The zero-order valence-electron chi connectivity index (χ0n) is 11.4. The van der Waals surface area contributed by atoms with Crippen LogP contribution in [-0.4, -0.2) is 26.9 Å². The van der Waals surface area contributed by atoms with Gasteiger partial charge in [-0.1, -0.05) is 6.92 Å². The summed E-state index contributed by atoms with van der Waals surface area (Å²) < 4.78 is 1.90. The highest BCUT2D eigenvalue weighted by atomic mass is 16.1. The third kappa shape index (κ3) is 4.69. The van der Waals surface area contributed by atoms with Gasteiger partial charge in [0.15, 0.2) is 0 Å². The molecule has 1 rings (SSSR count). The number of aromatic nitrogens is 2. The van der Waals surface area contributed by atoms with Crippen molar-refractivity contribution in [2.75, 3.05) is 0 Å². The van der Waals surface area contributed by atoms with Crippen LogP contribution < -0.4 is 5.32 Å². The van der Waals surface area contributed by atoms with Crippen molar-refractivity contribution < 1.29 is 4.79 Å². The number of aryl methyl sites for hydroxylation is 1. The number of ketones is 1. The van der Waals surface area contributed by atoms with Gasteiger partial charge in [-0.15, -0.1) is 0 Å². The predicted octanol–water partition coefficient (Wildman–Crippen LogP) is 1.70. The van der Waals surface area contributed by atoms with Crippen molar-refractivity contribution in [2.45, 2.75) is 52.1 Å². The van der Waals surface area contributed by atoms with E-state index >= 15 is 0 Å². The summed E-state index contributed by atoms with van der Waals surface area (Å²) in [6.45, 7) is 8.11. The van der Waals surface area contributed by atoms with Crippen LogP contribution in [0.1, 0.15) is 39.8 Å². The lowest BCUT2D eigenvalue weighted by atomic mass is 10.00. The van der Waals surface area contributed by atoms with Crippen LogP contribution in [0.2, 0.25) is 0 Å². The molecule has 1 aromatic heterocycles. The zero-order valence-corrected chi connectivity index (χ0v) is 11.4. The summed E-state index contributed by atoms with van der Waals surface area (Å²) in [6.07, 6.45) is 4.94. The van der Waals surface area contributed by atoms with E-state index in [1.807, 2.05) is 24.7 Å². The molecule has 0 aliphatic heterocycles. The van der Waals surface area contributed by atoms with Crippen molar-refractivity contribution in [3.05, 3.63) is 18.2 Å². The van der Waals surface area contributed by atoms with E-state index in [9.17, 15) is 4.79 Å². The molecular weight excluding hydrogens is 214 g/mol. The molecule has 0 amide bonds. The summed E-state index contributed by atoms with van der Waals surface area (Å²) in [7, 11) is 1.93. The first-order valence-electron chi connectivity index (χ1n) is 6.09. The van der Waals surface area contributed by atoms with Gasteiger partial charge in [0.2, 0.25) is 0 Å². The maximum Gasteiger partial charge on any atom is 0.149 e. The first-order valence-corrected chi connectivity index (χ1v) is 6.09. The molecule has 0 fully saturated rings. The Bertz CT molecular complexity index is 376. The lowest BCUT2D eigenvalue weighted by molar-refractivity contribution is -0.121. The molecule has 1 N–H and O–H groups in total. The van der Waals surface area contributed by atoms with Gasteiger partial charge in [0.05, 0.1) is 18.1 Å². The monoisotopic (exact) mass is 237 g/mol. The van der Waals surface area contributed by atoms with Crippen molar-refractivity contribution in [1.29, 1.82) is 0 Å². The van der Waals surface area contributed by atoms with Crippen LogP contribution in [0.15, 0.2) is 12.5 Å². The van der Waals surface area contributed by atoms with E-state index in [0.29, 0.717) is 12.8 Å². The minimum atomic E-state index is -0.144. The Morgan fingerprint density at radius 1 is 1.53 bits per heavy atom. The van der Waals surface area contributed by atoms with Crippen LogP contribution in [0, 0.1) is 0 Å². The first kappa shape index (κ1) is 13.9. The summed E-state index contributed by atoms with van der Waals surface area (Å²) in [4.78, 5) is 16.2. The fraction of sp³-hybridized carbons (Fsp3) is 0.692. The predicted molar refractivity (Wildman–Crippen MR) is 68.9 cm³/mol. The van der Waals surface area contributed by atoms with E-state index in [0.717, 1.165) is 5.69 Å². The summed E-state index contributed by atoms with van der Waals surface area (Å²) in [5, 5.41) is 3.37. The second-order valence-electron chi connectivity index (χ2n) is 5.50. The van der Waals surface area contributed by atoms with Crippen molar-refractivity contribution in [3.63, 3.8) is 0 Å². The van der Waals surface area contributed by atoms with E-state index in [1.165, 1.54) is 0 Å². The minimum Gasteiger partial charge on any atom is -0.340 e. The Balaban J connectivity index is 2.73. The minimum absolute atomic E-state index is 0.0652. The second kappa shape index (κ2) is 5.45. The highest BCUT2D eigenvalue weighted by Crippen LogP contribution is 2.08. The maximum atomic E-state index is 11.9. The SMILES string of the molecule is CCC(=O)[C@H](Cc1cn(C)cn1)NC(C)(C)C. The maximum absolute atomic E-state index is 11.9. The number of hydrogen-bond acceptors (Lipinski definition) is 3. The Hall–Kier alpha value is -1.16. The molecule has 0 radical (unpaired) electrons. The summed E-state index contributed by atoms with van der Waals surface area (Å²) in [6, 6.07) is -0.144. The number of carbonyl (C=O) groups is 1. The number of hydrogen-bond donors (Lipinski definition) is 1. The molecule has 4 nitrogen and oxygen atoms in total. The number of nitrogens with zero attached hydrogens (tertiary/aromatic N) is 2. The van der Waals surface area contributed by atoms with Crippen LogP contribution in [0.5, 0.6) is 0 Å². The highest BCUT2D eigenvalue weighted by molar-refractivity contribution is 5.84. The van der Waals surface area contributed by atoms with Gasteiger partial charge in [-0.25, -0.2) is 4.98 Å². The molecule has 1 heterocycles. The van der Waals surface area contributed by atoms with Gasteiger partial charge in [0.1, 0.15) is 5.78 Å². The van der Waals surface area contributed by atoms with Crippen LogP contribution in [0.25, 0.3) is 0 Å². The van der Waals surface area contributed by atoms with E-state index in [4.69, 9.17) is 0 Å². The standard InChI is InChI=1S/C13H23N3O/c1-6-12(17)11(15-13(2,3)4)7-10-8-16(5)9-14-10/h8-9,11,15H,6-7H2,1-5H3/t11-/m0/s1. The van der Waals surface area contributed by atoms with Crippen LogP contribution in [0.4, 0.5) is 0 Å². The van der Waals surface area contributed by atoms with Crippen LogP contribution >= 0.6 is 0 Å². The lowest BCUT2D eigenvalue weighted by Gasteiger charge is -2.27. The average molecular weight is 237 g/mol. The third-order valence-electron chi connectivity index (χ3n) is 2.52. The average Bonchev–Trinajstić information content (AvgIpc) is 2.60. The van der Waals surface area contributed by atoms with Gasteiger partial charge in [-0.2, -0.15) is 0 Å². The Morgan fingerprint density at radius 3 is 2.59 bits per heavy atom. The molecule has 96 valence electrons. The van der Waals surface area contributed by atoms with Gasteiger partial charge in [-0.05, 0) is 20.8 Å². The molecule has 4 heteroatoms. The number of nitrogens with one attached hydrogen (secondary N) is 1. The van der Waals surface area contributed by atoms with Crippen molar-refractivity contribution in [2.24, 2.45) is 7.05 Å². The molecule has 0 spiro atoms. The topological polar surface area (TPSA) is 46.9 Å². The molecule has 0 unspecified atom stereocenters. The smallest absolute Gasteiger partial charge is 0.149 e. The van der Waals surface area contributed by atoms with Gasteiger partial charge in [0.25, 0.3) is 0 Å². The largest absolute Gasteiger partial charge is 0.340 e. The van der Waals surface area contributed by atoms with Crippen LogP contribution in [-0.2, 0) is 18.3 Å². The normalized spacial score (nSPS) is 13.7. The first-order chi connectivity index (χ1) is 7.81. The highest BCUT2D eigenvalue weighted by Gasteiger charge is 2.23. The van der Waals surface area contributed by atoms with E-state index in [1.54, 1.807) is 6.33 Å². The fourth-order valence-corrected chi connectivity index (χ4v) is 1.80. The van der Waals surface area contributed by atoms with Gasteiger partial charge in [0, 0.05) is 31.6 Å². The van der Waals surface area contributed by atoms with Crippen LogP contribution in [0.3, 0.4) is 0 Å². The molecule has 1 atom stereocenters. The molecular formula is C13H23N3O. The Kier molecular flexibility index (Phi) is 4.46. The summed E-state index contributed by atoms with van der Waals surface area (Å²) in [5.74, 6) is 0.241. The lowest BCUT2D eigenvalue weighted by Crippen LogP contribution is -2.48. The molecule has 0 saturated heterocycles. The molecule has 17 heavy (non-hydrogen) atoms. The summed E-state index contributed by atoms with van der Waals surface area (Å²) in [5.41, 5.74) is 0.889. The van der Waals surface area contributed by atoms with Gasteiger partial charge < -0.3 is 9.88 Å². The van der Waals surface area contributed by atoms with Crippen molar-refractivity contribution in [1.82, 2.24) is 14.9 Å². The van der Waals surface area contributed by atoms with Crippen molar-refractivity contribution in [3.8, 4) is 0 Å². The molecule has 0 aliphatic rings. The van der Waals surface area contributed by atoms with E-state index < -0.39 is 0 Å². The molecule has 1 aromatic rings. The number of Topliss-reactive ketones (excluding diaryl/α,β-unsaturated/α-hetero) is 1. The molecule has 0 aliphatic carbocycles. The molecule has 0 saturated carbocycles. The zero-order chi connectivity index (χ0) is 13.1. The number of imidazole rings is 1. The summed E-state index contributed by atoms with van der Waals surface area (Å²) >= 11 is 0. The fourth-order valence-electron chi connectivity index (χ4n) is 1.80. The van der Waals surface area contributed by atoms with Crippen molar-refractivity contribution >= 4 is 5.78 Å². The van der Waals surface area contributed by atoms with E-state index in [-0.39, 0.29) is 17.4 Å². The number of rotatable bonds is 5. The quantitative estimate of drug-likeness (QED) is 0.848. The van der Waals surface area contributed by atoms with Gasteiger partial charge in [-0.3, -0.25) is 4.79 Å². The van der Waals surface area contributed by atoms with E-state index in [2.05, 4.69) is 31.1 Å².